The van der Waals surface area contributed by atoms with Crippen LogP contribution in [0.2, 0.25) is 5.02 Å². The zero-order valence-electron chi connectivity index (χ0n) is 19.9. The lowest BCUT2D eigenvalue weighted by molar-refractivity contribution is -0.385. The second-order valence-electron chi connectivity index (χ2n) is 8.57. The third-order valence-electron chi connectivity index (χ3n) is 6.64. The molecular formula is C26H20ClN3O7. The van der Waals surface area contributed by atoms with Gasteiger partial charge in [-0.3, -0.25) is 34.3 Å². The predicted molar refractivity (Wildman–Crippen MR) is 133 cm³/mol. The van der Waals surface area contributed by atoms with Gasteiger partial charge < -0.3 is 9.47 Å². The van der Waals surface area contributed by atoms with Crippen molar-refractivity contribution in [3.05, 3.63) is 92.0 Å². The first-order valence-corrected chi connectivity index (χ1v) is 11.5. The number of aryl methyl sites for hydroxylation is 1. The zero-order chi connectivity index (χ0) is 26.6. The quantitative estimate of drug-likeness (QED) is 0.205. The summed E-state index contributed by atoms with van der Waals surface area (Å²) in [6, 6.07) is 11.7. The molecule has 2 heterocycles. The Balaban J connectivity index is 1.68. The van der Waals surface area contributed by atoms with Crippen LogP contribution in [-0.2, 0) is 4.79 Å². The predicted octanol–water partition coefficient (Wildman–Crippen LogP) is 4.33. The van der Waals surface area contributed by atoms with Crippen molar-refractivity contribution < 1.29 is 28.8 Å². The fourth-order valence-corrected chi connectivity index (χ4v) is 5.18. The van der Waals surface area contributed by atoms with E-state index < -0.39 is 40.4 Å². The van der Waals surface area contributed by atoms with Crippen molar-refractivity contribution in [1.82, 2.24) is 4.90 Å². The number of imide groups is 1. The van der Waals surface area contributed by atoms with E-state index in [2.05, 4.69) is 0 Å². The van der Waals surface area contributed by atoms with Gasteiger partial charge in [0.2, 0.25) is 0 Å². The molecule has 188 valence electrons. The first kappa shape index (κ1) is 24.3. The van der Waals surface area contributed by atoms with Gasteiger partial charge in [0.15, 0.2) is 0 Å². The molecule has 2 atom stereocenters. The van der Waals surface area contributed by atoms with Crippen LogP contribution in [-0.4, -0.2) is 47.8 Å². The average Bonchev–Trinajstić information content (AvgIpc) is 3.13. The van der Waals surface area contributed by atoms with E-state index in [1.54, 1.807) is 43.3 Å². The Morgan fingerprint density at radius 2 is 1.68 bits per heavy atom. The topological polar surface area (TPSA) is 119 Å². The van der Waals surface area contributed by atoms with Gasteiger partial charge in [0.1, 0.15) is 23.1 Å². The molecule has 3 aromatic carbocycles. The van der Waals surface area contributed by atoms with Gasteiger partial charge in [0.25, 0.3) is 23.4 Å². The number of hydrogen-bond donors (Lipinski definition) is 0. The highest BCUT2D eigenvalue weighted by atomic mass is 35.5. The number of methoxy groups -OCH3 is 2. The largest absolute Gasteiger partial charge is 0.497 e. The number of nitrogens with zero attached hydrogens (tertiary/aromatic N) is 3. The number of carbonyl (C=O) groups excluding carboxylic acids is 3. The summed E-state index contributed by atoms with van der Waals surface area (Å²) in [5, 5.41) is 12.1. The summed E-state index contributed by atoms with van der Waals surface area (Å²) >= 11 is 6.13. The Morgan fingerprint density at radius 1 is 0.919 bits per heavy atom. The SMILES string of the molecule is COc1ccc(OC)c(C2C(N3C(=O)c4cccc([N+](=O)[O-])c4C3=O)C(=O)N2c2ccc(Cl)cc2C)c1. The summed E-state index contributed by atoms with van der Waals surface area (Å²) in [6.07, 6.45) is 0. The molecule has 2 unspecified atom stereocenters. The van der Waals surface area contributed by atoms with Crippen LogP contribution < -0.4 is 14.4 Å². The van der Waals surface area contributed by atoms with Crippen molar-refractivity contribution in [3.63, 3.8) is 0 Å². The van der Waals surface area contributed by atoms with Crippen LogP contribution in [0.25, 0.3) is 0 Å². The van der Waals surface area contributed by atoms with Gasteiger partial charge in [-0.05, 0) is 55.0 Å². The number of nitro benzene ring substituents is 1. The standard InChI is InChI=1S/C26H20ClN3O7/c1-13-11-14(27)7-9-18(13)28-22(17-12-15(36-2)8-10-20(17)37-3)23(26(28)33)29-24(31)16-5-4-6-19(30(34)35)21(16)25(29)32/h4-12,22-23H,1-3H3. The van der Waals surface area contributed by atoms with Crippen molar-refractivity contribution in [2.45, 2.75) is 19.0 Å². The molecule has 2 aliphatic heterocycles. The molecule has 0 radical (unpaired) electrons. The number of halogens is 1. The van der Waals surface area contributed by atoms with Gasteiger partial charge in [-0.2, -0.15) is 0 Å². The Hall–Kier alpha value is -4.44. The Morgan fingerprint density at radius 3 is 2.32 bits per heavy atom. The van der Waals surface area contributed by atoms with Crippen molar-refractivity contribution >= 4 is 40.7 Å². The van der Waals surface area contributed by atoms with E-state index in [9.17, 15) is 24.5 Å². The lowest BCUT2D eigenvalue weighted by atomic mass is 9.85. The number of fused-ring (bicyclic) bond motifs is 1. The molecule has 0 saturated carbocycles. The summed E-state index contributed by atoms with van der Waals surface area (Å²) < 4.78 is 10.9. The van der Waals surface area contributed by atoms with E-state index in [0.717, 1.165) is 11.0 Å². The molecule has 11 heteroatoms. The van der Waals surface area contributed by atoms with Crippen LogP contribution >= 0.6 is 11.6 Å². The molecule has 3 amide bonds. The van der Waals surface area contributed by atoms with Crippen molar-refractivity contribution in [3.8, 4) is 11.5 Å². The second-order valence-corrected chi connectivity index (χ2v) is 9.01. The molecule has 0 aliphatic carbocycles. The van der Waals surface area contributed by atoms with Gasteiger partial charge in [-0.1, -0.05) is 17.7 Å². The number of amides is 3. The Labute approximate surface area is 216 Å². The summed E-state index contributed by atoms with van der Waals surface area (Å²) in [5.41, 5.74) is 0.775. The van der Waals surface area contributed by atoms with E-state index in [1.165, 1.54) is 31.3 Å². The smallest absolute Gasteiger partial charge is 0.282 e. The zero-order valence-corrected chi connectivity index (χ0v) is 20.7. The van der Waals surface area contributed by atoms with Crippen LogP contribution in [0.3, 0.4) is 0 Å². The van der Waals surface area contributed by atoms with Gasteiger partial charge in [0.05, 0.1) is 30.7 Å². The third-order valence-corrected chi connectivity index (χ3v) is 6.88. The molecule has 37 heavy (non-hydrogen) atoms. The van der Waals surface area contributed by atoms with Crippen LogP contribution in [0.5, 0.6) is 11.5 Å². The molecular weight excluding hydrogens is 502 g/mol. The van der Waals surface area contributed by atoms with Crippen LogP contribution in [0.4, 0.5) is 11.4 Å². The third kappa shape index (κ3) is 3.60. The fraction of sp³-hybridized carbons (Fsp3) is 0.192. The summed E-state index contributed by atoms with van der Waals surface area (Å²) in [6.45, 7) is 1.78. The summed E-state index contributed by atoms with van der Waals surface area (Å²) in [5.74, 6) is -1.33. The van der Waals surface area contributed by atoms with E-state index in [-0.39, 0.29) is 11.1 Å². The van der Waals surface area contributed by atoms with Gasteiger partial charge in [0, 0.05) is 22.3 Å². The van der Waals surface area contributed by atoms with E-state index >= 15 is 0 Å². The molecule has 0 bridgehead atoms. The average molecular weight is 522 g/mol. The maximum absolute atomic E-state index is 13.7. The molecule has 0 N–H and O–H groups in total. The van der Waals surface area contributed by atoms with Crippen molar-refractivity contribution in [2.24, 2.45) is 0 Å². The van der Waals surface area contributed by atoms with Crippen LogP contribution in [0.15, 0.2) is 54.6 Å². The van der Waals surface area contributed by atoms with Crippen molar-refractivity contribution in [1.29, 1.82) is 0 Å². The molecule has 2 aliphatic rings. The van der Waals surface area contributed by atoms with Gasteiger partial charge >= 0.3 is 0 Å². The number of benzene rings is 3. The molecule has 0 spiro atoms. The minimum atomic E-state index is -1.27. The fourth-order valence-electron chi connectivity index (χ4n) is 4.95. The highest BCUT2D eigenvalue weighted by molar-refractivity contribution is 6.31. The monoisotopic (exact) mass is 521 g/mol. The molecule has 0 aromatic heterocycles. The Kier molecular flexibility index (Phi) is 5.83. The molecule has 1 fully saturated rings. The minimum Gasteiger partial charge on any atom is -0.497 e. The number of anilines is 1. The molecule has 10 nitrogen and oxygen atoms in total. The Bertz CT molecular complexity index is 1510. The maximum Gasteiger partial charge on any atom is 0.282 e. The number of carbonyl (C=O) groups is 3. The van der Waals surface area contributed by atoms with Gasteiger partial charge in [-0.25, -0.2) is 0 Å². The first-order chi connectivity index (χ1) is 17.7. The number of nitro groups is 1. The first-order valence-electron chi connectivity index (χ1n) is 11.2. The van der Waals surface area contributed by atoms with Crippen LogP contribution in [0.1, 0.15) is 37.9 Å². The molecule has 1 saturated heterocycles. The molecule has 3 aromatic rings. The number of β-lactam (4-membered cyclic amide) rings is 1. The summed E-state index contributed by atoms with van der Waals surface area (Å²) in [4.78, 5) is 53.8. The number of hydrogen-bond acceptors (Lipinski definition) is 7. The number of ether oxygens (including phenoxy) is 2. The normalized spacial score (nSPS) is 18.5. The van der Waals surface area contributed by atoms with Crippen LogP contribution in [0, 0.1) is 17.0 Å². The lowest BCUT2D eigenvalue weighted by Gasteiger charge is -2.50. The van der Waals surface area contributed by atoms with E-state index in [1.807, 2.05) is 0 Å². The second kappa shape index (κ2) is 8.90. The van der Waals surface area contributed by atoms with Crippen molar-refractivity contribution in [2.75, 3.05) is 19.1 Å². The van der Waals surface area contributed by atoms with E-state index in [4.69, 9.17) is 21.1 Å². The lowest BCUT2D eigenvalue weighted by Crippen LogP contribution is -2.67. The highest BCUT2D eigenvalue weighted by Gasteiger charge is 2.59. The molecule has 5 rings (SSSR count). The number of rotatable bonds is 6. The summed E-state index contributed by atoms with van der Waals surface area (Å²) in [7, 11) is 2.95. The maximum atomic E-state index is 13.7. The highest BCUT2D eigenvalue weighted by Crippen LogP contribution is 2.49. The van der Waals surface area contributed by atoms with E-state index in [0.29, 0.717) is 33.3 Å². The minimum absolute atomic E-state index is 0.121. The van der Waals surface area contributed by atoms with Gasteiger partial charge in [-0.15, -0.1) is 0 Å².